The second-order valence-corrected chi connectivity index (χ2v) is 18.7. The lowest BCUT2D eigenvalue weighted by Gasteiger charge is -2.34. The minimum atomic E-state index is 0.215. The van der Waals surface area contributed by atoms with Gasteiger partial charge in [-0.25, -0.2) is 19.8 Å². The maximum Gasteiger partial charge on any atom is 0.234 e. The summed E-state index contributed by atoms with van der Waals surface area (Å²) >= 11 is 0. The average molecular weight is 931 g/mol. The van der Waals surface area contributed by atoms with Gasteiger partial charge in [-0.2, -0.15) is 0 Å². The molecule has 2 N–H and O–H groups in total. The largest absolute Gasteiger partial charge is 0.369 e. The predicted octanol–water partition coefficient (Wildman–Crippen LogP) is 8.85. The molecule has 3 aliphatic heterocycles. The molecule has 1 amide bonds. The Labute approximate surface area is 408 Å². The highest BCUT2D eigenvalue weighted by Gasteiger charge is 2.28. The summed E-state index contributed by atoms with van der Waals surface area (Å²) in [5.74, 6) is 2.80. The Morgan fingerprint density at radius 3 is 1.58 bits per heavy atom. The third-order valence-electron chi connectivity index (χ3n) is 14.0. The second kappa shape index (κ2) is 24.2. The summed E-state index contributed by atoms with van der Waals surface area (Å²) in [6.45, 7) is 15.5. The summed E-state index contributed by atoms with van der Waals surface area (Å²) < 4.78 is 0. The normalized spacial score (nSPS) is 17.7. The Kier molecular flexibility index (Phi) is 17.2. The first-order valence-electron chi connectivity index (χ1n) is 25.2. The molecule has 14 nitrogen and oxygen atoms in total. The van der Waals surface area contributed by atoms with Crippen molar-refractivity contribution < 1.29 is 9.59 Å². The fourth-order valence-corrected chi connectivity index (χ4v) is 9.84. The van der Waals surface area contributed by atoms with E-state index in [2.05, 4.69) is 132 Å². The summed E-state index contributed by atoms with van der Waals surface area (Å²) in [5.41, 5.74) is 8.60. The van der Waals surface area contributed by atoms with E-state index in [0.29, 0.717) is 19.5 Å². The third kappa shape index (κ3) is 12.8. The van der Waals surface area contributed by atoms with Crippen LogP contribution in [-0.4, -0.2) is 145 Å². The highest BCUT2D eigenvalue weighted by atomic mass is 16.2. The molecule has 0 spiro atoms. The van der Waals surface area contributed by atoms with Gasteiger partial charge in [0.1, 0.15) is 11.6 Å². The number of likely N-dealkylation sites (tertiary alicyclic amines) is 1. The van der Waals surface area contributed by atoms with E-state index in [4.69, 9.17) is 14.8 Å². The van der Waals surface area contributed by atoms with Crippen LogP contribution in [0.15, 0.2) is 102 Å². The molecular weight excluding hydrogens is 861 g/mol. The number of pyridine rings is 4. The number of anilines is 4. The number of fused-ring (bicyclic) bond motifs is 2. The van der Waals surface area contributed by atoms with Gasteiger partial charge in [0.25, 0.3) is 0 Å². The number of benzene rings is 2. The van der Waals surface area contributed by atoms with Crippen molar-refractivity contribution in [2.24, 2.45) is 10.9 Å². The Hall–Kier alpha value is -6.47. The van der Waals surface area contributed by atoms with E-state index in [0.717, 1.165) is 140 Å². The van der Waals surface area contributed by atoms with Gasteiger partial charge < -0.3 is 35.1 Å². The molecule has 7 heterocycles. The zero-order valence-electron chi connectivity index (χ0n) is 41.1. The van der Waals surface area contributed by atoms with Crippen molar-refractivity contribution in [2.75, 3.05) is 113 Å². The summed E-state index contributed by atoms with van der Waals surface area (Å²) in [6.07, 6.45) is 13.1. The number of piperazine rings is 2. The molecule has 3 saturated heterocycles. The first kappa shape index (κ1) is 49.0. The van der Waals surface area contributed by atoms with Gasteiger partial charge >= 0.3 is 0 Å². The summed E-state index contributed by atoms with van der Waals surface area (Å²) in [5, 5.41) is 9.31. The smallest absolute Gasteiger partial charge is 0.234 e. The molecule has 6 aromatic rings. The first-order valence-corrected chi connectivity index (χ1v) is 25.2. The maximum atomic E-state index is 12.3. The molecule has 1 saturated carbocycles. The molecule has 0 radical (unpaired) electrons. The fourth-order valence-electron chi connectivity index (χ4n) is 9.84. The van der Waals surface area contributed by atoms with Gasteiger partial charge in [0.15, 0.2) is 0 Å². The number of carbonyl (C=O) groups is 1. The van der Waals surface area contributed by atoms with Crippen molar-refractivity contribution in [3.05, 3.63) is 97.3 Å². The molecule has 4 aromatic heterocycles. The van der Waals surface area contributed by atoms with Crippen LogP contribution in [0.2, 0.25) is 0 Å². The van der Waals surface area contributed by atoms with Crippen molar-refractivity contribution in [1.29, 1.82) is 0 Å². The Morgan fingerprint density at radius 2 is 1.13 bits per heavy atom. The molecule has 1 unspecified atom stereocenters. The van der Waals surface area contributed by atoms with E-state index in [1.165, 1.54) is 43.1 Å². The number of aromatic nitrogens is 4. The number of aliphatic imine (C=N–C) groups is 1. The Balaban J connectivity index is 0.000000171. The van der Waals surface area contributed by atoms with Crippen molar-refractivity contribution in [3.8, 4) is 22.5 Å². The molecule has 69 heavy (non-hydrogen) atoms. The molecule has 4 fully saturated rings. The molecule has 4 aliphatic rings. The summed E-state index contributed by atoms with van der Waals surface area (Å²) in [4.78, 5) is 55.5. The second-order valence-electron chi connectivity index (χ2n) is 18.7. The van der Waals surface area contributed by atoms with Crippen LogP contribution in [0, 0.1) is 5.92 Å². The van der Waals surface area contributed by atoms with Crippen LogP contribution in [0.1, 0.15) is 58.8 Å². The number of nitrogens with zero attached hydrogens (tertiary/aromatic N) is 10. The number of hydrogen-bond donors (Lipinski definition) is 2. The lowest BCUT2D eigenvalue weighted by atomic mass is 10.1. The minimum Gasteiger partial charge on any atom is -0.369 e. The molecule has 1 atom stereocenters. The number of nitrogens with one attached hydrogen (secondary N) is 2. The standard InChI is InChI=1S/C27H34N6O.C25H31N5.C3H5NO/c1-3-26(34)33-13-5-6-22(33)19-29-27-23-7-4-12-28-25(23)18-24(30-27)20-8-10-21(11-9-20)32-16-14-31(2)15-17-32;1-29-13-15-30(16-14-29)21-10-8-20(9-11-21)23-17-24-22(7-4-12-26-24)25(28-23)27-18-19-5-2-3-6-19;1-2-4-3-5/h4,7-12,18,22H,3,5-6,13-17,19H2,1-2H3,(H,29,30);4,7-12,17,19H,2-3,5-6,13-16,18H2,1H3,(H,27,28);2H2,1H3. The lowest BCUT2D eigenvalue weighted by Crippen LogP contribution is -2.44. The van der Waals surface area contributed by atoms with Crippen LogP contribution < -0.4 is 20.4 Å². The SMILES string of the molecule is CCC(=O)N1CCCC1CNc1nc(-c2ccc(N3CCN(C)CC3)cc2)cc2ncccc12.CCN=C=O.CN1CCN(c2ccc(-c3cc4ncccc4c(NCC4CCCC4)n3)cc2)CC1. The highest BCUT2D eigenvalue weighted by Crippen LogP contribution is 2.32. The molecule has 1 aliphatic carbocycles. The molecule has 0 bridgehead atoms. The van der Waals surface area contributed by atoms with Gasteiger partial charge in [-0.15, -0.1) is 0 Å². The van der Waals surface area contributed by atoms with E-state index < -0.39 is 0 Å². The predicted molar refractivity (Wildman–Crippen MR) is 282 cm³/mol. The Bertz CT molecular complexity index is 2630. The number of hydrogen-bond acceptors (Lipinski definition) is 13. The number of likely N-dealkylation sites (N-methyl/N-ethyl adjacent to an activating group) is 2. The van der Waals surface area contributed by atoms with Crippen molar-refractivity contribution >= 4 is 56.8 Å². The zero-order chi connectivity index (χ0) is 48.0. The highest BCUT2D eigenvalue weighted by molar-refractivity contribution is 5.93. The van der Waals surface area contributed by atoms with Crippen LogP contribution in [0.4, 0.5) is 23.0 Å². The summed E-state index contributed by atoms with van der Waals surface area (Å²) in [6, 6.07) is 30.1. The molecule has 2 aromatic carbocycles. The first-order chi connectivity index (χ1) is 33.8. The molecular formula is C55H70N12O2. The fraction of sp³-hybridized carbons (Fsp3) is 0.455. The zero-order valence-corrected chi connectivity index (χ0v) is 41.1. The van der Waals surface area contributed by atoms with Crippen molar-refractivity contribution in [1.82, 2.24) is 34.6 Å². The van der Waals surface area contributed by atoms with Crippen LogP contribution >= 0.6 is 0 Å². The van der Waals surface area contributed by atoms with Crippen LogP contribution in [0.5, 0.6) is 0 Å². The number of amides is 1. The van der Waals surface area contributed by atoms with Crippen molar-refractivity contribution in [2.45, 2.75) is 64.8 Å². The van der Waals surface area contributed by atoms with Gasteiger partial charge in [0.2, 0.25) is 12.0 Å². The summed E-state index contributed by atoms with van der Waals surface area (Å²) in [7, 11) is 4.37. The van der Waals surface area contributed by atoms with Gasteiger partial charge in [-0.05, 0) is 113 Å². The van der Waals surface area contributed by atoms with Crippen molar-refractivity contribution in [3.63, 3.8) is 0 Å². The monoisotopic (exact) mass is 931 g/mol. The van der Waals surface area contributed by atoms with Gasteiger partial charge in [0, 0.05) is 137 Å². The number of isocyanates is 1. The molecule has 362 valence electrons. The maximum absolute atomic E-state index is 12.3. The van der Waals surface area contributed by atoms with Crippen LogP contribution in [0.3, 0.4) is 0 Å². The molecule has 10 rings (SSSR count). The average Bonchev–Trinajstić information content (AvgIpc) is 4.11. The van der Waals surface area contributed by atoms with E-state index >= 15 is 0 Å². The van der Waals surface area contributed by atoms with E-state index in [9.17, 15) is 4.79 Å². The third-order valence-corrected chi connectivity index (χ3v) is 14.0. The van der Waals surface area contributed by atoms with Gasteiger partial charge in [0.05, 0.1) is 22.4 Å². The van der Waals surface area contributed by atoms with Crippen LogP contribution in [0.25, 0.3) is 44.3 Å². The van der Waals surface area contributed by atoms with E-state index in [1.54, 1.807) is 6.92 Å². The quantitative estimate of drug-likeness (QED) is 0.0896. The minimum absolute atomic E-state index is 0.215. The van der Waals surface area contributed by atoms with E-state index in [-0.39, 0.29) is 11.9 Å². The molecule has 14 heteroatoms. The Morgan fingerprint density at radius 1 is 0.638 bits per heavy atom. The van der Waals surface area contributed by atoms with Crippen LogP contribution in [-0.2, 0) is 9.59 Å². The number of carbonyl (C=O) groups excluding carboxylic acids is 2. The van der Waals surface area contributed by atoms with Gasteiger partial charge in [-0.1, -0.05) is 44.0 Å². The van der Waals surface area contributed by atoms with E-state index in [1.807, 2.05) is 36.4 Å². The lowest BCUT2D eigenvalue weighted by molar-refractivity contribution is -0.131. The topological polar surface area (TPSA) is 138 Å². The number of rotatable bonds is 12. The van der Waals surface area contributed by atoms with Gasteiger partial charge in [-0.3, -0.25) is 14.8 Å².